The number of rotatable bonds is 5. The minimum absolute atomic E-state index is 0. The first-order valence-corrected chi connectivity index (χ1v) is 6.10. The number of nitrogens with one attached hydrogen (secondary N) is 1. The highest BCUT2D eigenvalue weighted by Crippen LogP contribution is 2.19. The zero-order valence-corrected chi connectivity index (χ0v) is 10.5. The van der Waals surface area contributed by atoms with Crippen molar-refractivity contribution in [3.63, 3.8) is 0 Å². The first-order valence-electron chi connectivity index (χ1n) is 6.10. The van der Waals surface area contributed by atoms with Gasteiger partial charge in [-0.2, -0.15) is 0 Å². The lowest BCUT2D eigenvalue weighted by Gasteiger charge is -2.24. The highest BCUT2D eigenvalue weighted by atomic mass is 35.5. The summed E-state index contributed by atoms with van der Waals surface area (Å²) in [5.74, 6) is 0.976. The molecule has 1 aliphatic heterocycles. The van der Waals surface area contributed by atoms with Crippen LogP contribution in [-0.4, -0.2) is 12.6 Å². The topological polar surface area (TPSA) is 12.0 Å². The van der Waals surface area contributed by atoms with Crippen LogP contribution in [0.3, 0.4) is 0 Å². The van der Waals surface area contributed by atoms with Crippen LogP contribution in [0, 0.1) is 5.92 Å². The van der Waals surface area contributed by atoms with E-state index in [1.807, 2.05) is 0 Å². The van der Waals surface area contributed by atoms with Crippen LogP contribution in [-0.2, 0) is 0 Å². The second kappa shape index (κ2) is 8.55. The van der Waals surface area contributed by atoms with Crippen molar-refractivity contribution in [3.05, 3.63) is 0 Å². The number of halogens is 1. The Kier molecular flexibility index (Phi) is 8.70. The van der Waals surface area contributed by atoms with Crippen LogP contribution < -0.4 is 5.32 Å². The van der Waals surface area contributed by atoms with Crippen LogP contribution >= 0.6 is 12.4 Å². The molecule has 0 spiro atoms. The molecule has 0 saturated carbocycles. The van der Waals surface area contributed by atoms with Gasteiger partial charge in [-0.15, -0.1) is 12.4 Å². The predicted octanol–water partition coefficient (Wildman–Crippen LogP) is 3.77. The molecule has 1 fully saturated rings. The summed E-state index contributed by atoms with van der Waals surface area (Å²) < 4.78 is 0. The third-order valence-electron chi connectivity index (χ3n) is 3.49. The van der Waals surface area contributed by atoms with Gasteiger partial charge in [-0.25, -0.2) is 0 Å². The normalized spacial score (nSPS) is 22.1. The Balaban J connectivity index is 0.00000169. The van der Waals surface area contributed by atoms with Crippen molar-refractivity contribution in [1.29, 1.82) is 0 Å². The van der Waals surface area contributed by atoms with Gasteiger partial charge in [0.15, 0.2) is 0 Å². The van der Waals surface area contributed by atoms with E-state index in [0.29, 0.717) is 0 Å². The third-order valence-corrected chi connectivity index (χ3v) is 3.49. The Morgan fingerprint density at radius 1 is 1.21 bits per heavy atom. The molecule has 1 aliphatic rings. The highest BCUT2D eigenvalue weighted by Gasteiger charge is 2.13. The lowest BCUT2D eigenvalue weighted by atomic mass is 9.92. The van der Waals surface area contributed by atoms with Crippen molar-refractivity contribution in [2.24, 2.45) is 5.92 Å². The molecule has 1 heterocycles. The van der Waals surface area contributed by atoms with Crippen LogP contribution in [0.4, 0.5) is 0 Å². The van der Waals surface area contributed by atoms with E-state index in [2.05, 4.69) is 19.2 Å². The van der Waals surface area contributed by atoms with Crippen LogP contribution in [0.5, 0.6) is 0 Å². The molecule has 0 radical (unpaired) electrons. The summed E-state index contributed by atoms with van der Waals surface area (Å²) >= 11 is 0. The Bertz CT molecular complexity index is 117. The standard InChI is InChI=1S/C12H25N.ClH/c1-3-11(4-2)8-9-12-7-5-6-10-13-12;/h11-13H,3-10H2,1-2H3;1H. The molecule has 86 valence electrons. The molecule has 0 aromatic heterocycles. The summed E-state index contributed by atoms with van der Waals surface area (Å²) in [6.45, 7) is 5.90. The molecule has 1 N–H and O–H groups in total. The maximum Gasteiger partial charge on any atom is 0.00671 e. The smallest absolute Gasteiger partial charge is 0.00671 e. The Hall–Kier alpha value is 0.250. The minimum atomic E-state index is 0. The van der Waals surface area contributed by atoms with E-state index in [1.165, 1.54) is 51.5 Å². The van der Waals surface area contributed by atoms with E-state index < -0.39 is 0 Å². The van der Waals surface area contributed by atoms with Gasteiger partial charge in [-0.1, -0.05) is 33.1 Å². The van der Waals surface area contributed by atoms with Crippen LogP contribution in [0.2, 0.25) is 0 Å². The van der Waals surface area contributed by atoms with Gasteiger partial charge in [-0.3, -0.25) is 0 Å². The summed E-state index contributed by atoms with van der Waals surface area (Å²) in [4.78, 5) is 0. The van der Waals surface area contributed by atoms with Gasteiger partial charge in [0.05, 0.1) is 0 Å². The summed E-state index contributed by atoms with van der Waals surface area (Å²) in [7, 11) is 0. The summed E-state index contributed by atoms with van der Waals surface area (Å²) in [5.41, 5.74) is 0. The molecule has 1 nitrogen and oxygen atoms in total. The molecule has 0 aromatic carbocycles. The van der Waals surface area contributed by atoms with E-state index in [0.717, 1.165) is 12.0 Å². The van der Waals surface area contributed by atoms with Gasteiger partial charge in [0, 0.05) is 6.04 Å². The molecular weight excluding hydrogens is 194 g/mol. The first kappa shape index (κ1) is 14.2. The second-order valence-electron chi connectivity index (χ2n) is 4.41. The van der Waals surface area contributed by atoms with Gasteiger partial charge in [0.1, 0.15) is 0 Å². The molecule has 1 rings (SSSR count). The van der Waals surface area contributed by atoms with Crippen molar-refractivity contribution in [1.82, 2.24) is 5.32 Å². The van der Waals surface area contributed by atoms with Gasteiger partial charge in [-0.05, 0) is 38.1 Å². The third kappa shape index (κ3) is 5.21. The van der Waals surface area contributed by atoms with Gasteiger partial charge >= 0.3 is 0 Å². The fourth-order valence-corrected chi connectivity index (χ4v) is 2.30. The van der Waals surface area contributed by atoms with Crippen molar-refractivity contribution in [2.75, 3.05) is 6.54 Å². The van der Waals surface area contributed by atoms with Crippen molar-refractivity contribution >= 4 is 12.4 Å². The molecule has 1 unspecified atom stereocenters. The monoisotopic (exact) mass is 219 g/mol. The fraction of sp³-hybridized carbons (Fsp3) is 1.00. The zero-order chi connectivity index (χ0) is 9.52. The Labute approximate surface area is 95.5 Å². The summed E-state index contributed by atoms with van der Waals surface area (Å²) in [5, 5.41) is 3.62. The average molecular weight is 220 g/mol. The SMILES string of the molecule is CCC(CC)CCC1CCCCN1.Cl. The number of hydrogen-bond acceptors (Lipinski definition) is 1. The molecule has 0 amide bonds. The summed E-state index contributed by atoms with van der Waals surface area (Å²) in [6.07, 6.45) is 9.83. The quantitative estimate of drug-likeness (QED) is 0.743. The molecule has 1 atom stereocenters. The number of hydrogen-bond donors (Lipinski definition) is 1. The zero-order valence-electron chi connectivity index (χ0n) is 9.72. The van der Waals surface area contributed by atoms with E-state index >= 15 is 0 Å². The molecule has 1 saturated heterocycles. The lowest BCUT2D eigenvalue weighted by molar-refractivity contribution is 0.338. The van der Waals surface area contributed by atoms with Crippen molar-refractivity contribution in [3.8, 4) is 0 Å². The molecular formula is C12H26ClN. The fourth-order valence-electron chi connectivity index (χ4n) is 2.30. The van der Waals surface area contributed by atoms with Gasteiger partial charge < -0.3 is 5.32 Å². The van der Waals surface area contributed by atoms with Gasteiger partial charge in [0.2, 0.25) is 0 Å². The number of piperidine rings is 1. The summed E-state index contributed by atoms with van der Waals surface area (Å²) in [6, 6.07) is 0.842. The molecule has 14 heavy (non-hydrogen) atoms. The Morgan fingerprint density at radius 2 is 1.93 bits per heavy atom. The van der Waals surface area contributed by atoms with Crippen molar-refractivity contribution in [2.45, 2.75) is 64.8 Å². The van der Waals surface area contributed by atoms with E-state index in [4.69, 9.17) is 0 Å². The Morgan fingerprint density at radius 3 is 2.43 bits per heavy atom. The second-order valence-corrected chi connectivity index (χ2v) is 4.41. The van der Waals surface area contributed by atoms with Crippen LogP contribution in [0.15, 0.2) is 0 Å². The maximum atomic E-state index is 3.62. The molecule has 0 aromatic rings. The maximum absolute atomic E-state index is 3.62. The largest absolute Gasteiger partial charge is 0.314 e. The highest BCUT2D eigenvalue weighted by molar-refractivity contribution is 5.85. The molecule has 2 heteroatoms. The minimum Gasteiger partial charge on any atom is -0.314 e. The molecule has 0 aliphatic carbocycles. The average Bonchev–Trinajstić information content (AvgIpc) is 2.21. The van der Waals surface area contributed by atoms with Crippen LogP contribution in [0.25, 0.3) is 0 Å². The molecule has 0 bridgehead atoms. The van der Waals surface area contributed by atoms with E-state index in [-0.39, 0.29) is 12.4 Å². The van der Waals surface area contributed by atoms with E-state index in [9.17, 15) is 0 Å². The first-order chi connectivity index (χ1) is 6.36. The van der Waals surface area contributed by atoms with Crippen LogP contribution in [0.1, 0.15) is 58.8 Å². The van der Waals surface area contributed by atoms with E-state index in [1.54, 1.807) is 0 Å². The van der Waals surface area contributed by atoms with Crippen molar-refractivity contribution < 1.29 is 0 Å². The predicted molar refractivity (Wildman–Crippen MR) is 66.2 cm³/mol. The lowest BCUT2D eigenvalue weighted by Crippen LogP contribution is -2.34. The van der Waals surface area contributed by atoms with Gasteiger partial charge in [0.25, 0.3) is 0 Å².